The van der Waals surface area contributed by atoms with Crippen LogP contribution in [0.15, 0.2) is 0 Å². The minimum atomic E-state index is -2.22. The van der Waals surface area contributed by atoms with Crippen LogP contribution in [-0.2, 0) is 70.3 Å². The quantitative estimate of drug-likeness (QED) is 0.0235. The van der Waals surface area contributed by atoms with Gasteiger partial charge in [-0.3, -0.25) is 9.05 Å². The summed E-state index contributed by atoms with van der Waals surface area (Å²) in [6.45, 7) is -2.82. The highest BCUT2D eigenvalue weighted by Crippen LogP contribution is 2.33. The van der Waals surface area contributed by atoms with Crippen LogP contribution in [-0.4, -0.2) is 317 Å². The van der Waals surface area contributed by atoms with E-state index in [4.69, 9.17) is 56.6 Å². The van der Waals surface area contributed by atoms with Crippen molar-refractivity contribution in [2.45, 2.75) is 186 Å². The molecule has 4 aliphatic heterocycles. The number of hydrogen-bond donors (Lipinski definition) is 18. The normalized spacial score (nSPS) is 41.0. The van der Waals surface area contributed by atoms with Gasteiger partial charge in [-0.15, -0.1) is 0 Å². The van der Waals surface area contributed by atoms with Gasteiger partial charge in [0.2, 0.25) is 0 Å². The van der Waals surface area contributed by atoms with E-state index in [1.165, 1.54) is 13.8 Å². The lowest BCUT2D eigenvalue weighted by atomic mass is 9.95. The lowest BCUT2D eigenvalue weighted by Crippen LogP contribution is -2.66. The zero-order valence-corrected chi connectivity index (χ0v) is 41.5. The number of hydrogen-bond acceptors (Lipinski definition) is 33. The molecular formula is C39H70O33P2. The number of methoxy groups -OCH3 is 1. The molecule has 4 aliphatic rings. The van der Waals surface area contributed by atoms with Gasteiger partial charge in [0.15, 0.2) is 37.7 Å². The van der Waals surface area contributed by atoms with E-state index >= 15 is 0 Å². The summed E-state index contributed by atoms with van der Waals surface area (Å²) in [5.41, 5.74) is 0. The average Bonchev–Trinajstić information content (AvgIpc) is 3.39. The zero-order valence-electron chi connectivity index (χ0n) is 39.8. The second-order valence-corrected chi connectivity index (χ2v) is 18.6. The number of aliphatic hydroxyl groups excluding tert-OH is 18. The molecule has 74 heavy (non-hydrogen) atoms. The largest absolute Gasteiger partial charge is 0.394 e. The van der Waals surface area contributed by atoms with Gasteiger partial charge in [-0.05, 0) is 6.92 Å². The fraction of sp³-hybridized carbons (Fsp3) is 1.00. The molecule has 4 fully saturated rings. The van der Waals surface area contributed by atoms with Crippen LogP contribution in [0, 0.1) is 5.92 Å². The standard InChI is InChI=1S/C39H70O33P2/c1-11(7-63-73-58)19(44)24(49)28(53)36(60-3)72-33-27(52)20(45)15(6-42)68-39(33)71-32-23(48)17(66-34(57)31(32)56)9-62-37-29(54)25(50)21(46)16(69-37)8-61-35(67-14(5-41)13(43)4-40)12(2)65-38-30(55)26(51)22(47)18(70-38)10-64-74-59/h11-57H,4-10H2,1-3H3/t11?,12-,13+,14?,15?,16?,17?,18?,19-,20-,21-,22-,23-,24?,25?,26?,27?,28-,29-,30-,31-,32?,33-,34-,35+,36-,37+,38+,39-/m1/s1. The Hall–Kier alpha value is -1.04. The summed E-state index contributed by atoms with van der Waals surface area (Å²) in [7, 11) is -0.566. The maximum atomic E-state index is 11.5. The highest BCUT2D eigenvalue weighted by atomic mass is 31.1. The first-order chi connectivity index (χ1) is 35.0. The second-order valence-electron chi connectivity index (χ2n) is 17.8. The van der Waals surface area contributed by atoms with E-state index < -0.39 is 235 Å². The molecule has 0 radical (unpaired) electrons. The van der Waals surface area contributed by atoms with E-state index in [2.05, 4.69) is 4.52 Å². The lowest BCUT2D eigenvalue weighted by molar-refractivity contribution is -0.378. The Kier molecular flexibility index (Phi) is 27.5. The molecule has 0 amide bonds. The predicted octanol–water partition coefficient (Wildman–Crippen LogP) is -10.1. The van der Waals surface area contributed by atoms with Crippen molar-refractivity contribution >= 4 is 17.4 Å². The minimum absolute atomic E-state index is 0.339. The van der Waals surface area contributed by atoms with Crippen molar-refractivity contribution < 1.29 is 162 Å². The van der Waals surface area contributed by atoms with Gasteiger partial charge in [0.05, 0.1) is 52.4 Å². The van der Waals surface area contributed by atoms with E-state index in [1.807, 2.05) is 0 Å². The topological polar surface area (TPSA) is 518 Å². The summed E-state index contributed by atoms with van der Waals surface area (Å²) in [5.74, 6) is -0.928. The third-order valence-corrected chi connectivity index (χ3v) is 13.1. The van der Waals surface area contributed by atoms with Gasteiger partial charge in [-0.25, -0.2) is 9.13 Å². The minimum Gasteiger partial charge on any atom is -0.394 e. The van der Waals surface area contributed by atoms with Crippen LogP contribution in [0.5, 0.6) is 0 Å². The molecule has 4 rings (SSSR count). The molecule has 0 aromatic heterocycles. The predicted molar refractivity (Wildman–Crippen MR) is 230 cm³/mol. The molecule has 4 heterocycles. The first kappa shape index (κ1) is 65.5. The molecule has 0 aliphatic carbocycles. The van der Waals surface area contributed by atoms with E-state index in [0.717, 1.165) is 7.11 Å². The molecule has 0 saturated carbocycles. The molecular weight excluding hydrogens is 1060 g/mol. The Bertz CT molecular complexity index is 1620. The van der Waals surface area contributed by atoms with E-state index in [0.29, 0.717) is 0 Å². The third kappa shape index (κ3) is 16.5. The summed E-state index contributed by atoms with van der Waals surface area (Å²) in [5, 5.41) is 191. The van der Waals surface area contributed by atoms with Gasteiger partial charge < -0.3 is 144 Å². The summed E-state index contributed by atoms with van der Waals surface area (Å²) in [4.78, 5) is 0. The van der Waals surface area contributed by atoms with Crippen molar-refractivity contribution in [3.63, 3.8) is 0 Å². The number of ether oxygens (including phenoxy) is 11. The maximum Gasteiger partial charge on any atom is 0.327 e. The first-order valence-corrected chi connectivity index (χ1v) is 24.4. The van der Waals surface area contributed by atoms with E-state index in [9.17, 15) is 101 Å². The average molecular weight is 1130 g/mol. The monoisotopic (exact) mass is 1130 g/mol. The molecule has 4 saturated heterocycles. The van der Waals surface area contributed by atoms with Gasteiger partial charge in [0.25, 0.3) is 0 Å². The van der Waals surface area contributed by atoms with Gasteiger partial charge in [0.1, 0.15) is 128 Å². The smallest absolute Gasteiger partial charge is 0.327 e. The summed E-state index contributed by atoms with van der Waals surface area (Å²) in [6, 6.07) is 0. The van der Waals surface area contributed by atoms with Crippen LogP contribution in [0.1, 0.15) is 13.8 Å². The van der Waals surface area contributed by atoms with Gasteiger partial charge in [0, 0.05) is 13.0 Å². The fourth-order valence-electron chi connectivity index (χ4n) is 8.01. The third-order valence-electron chi connectivity index (χ3n) is 12.6. The fourth-order valence-corrected chi connectivity index (χ4v) is 8.51. The number of rotatable bonds is 30. The van der Waals surface area contributed by atoms with Crippen LogP contribution in [0.2, 0.25) is 0 Å². The van der Waals surface area contributed by atoms with Crippen molar-refractivity contribution in [1.29, 1.82) is 0 Å². The van der Waals surface area contributed by atoms with Crippen LogP contribution >= 0.6 is 17.4 Å². The molecule has 11 unspecified atom stereocenters. The Morgan fingerprint density at radius 1 is 0.527 bits per heavy atom. The highest BCUT2D eigenvalue weighted by Gasteiger charge is 2.54. The molecule has 35 heteroatoms. The molecule has 0 bridgehead atoms. The first-order valence-electron chi connectivity index (χ1n) is 22.9. The Balaban J connectivity index is 1.49. The summed E-state index contributed by atoms with van der Waals surface area (Å²) >= 11 is 0. The lowest BCUT2D eigenvalue weighted by Gasteiger charge is -2.47. The molecule has 18 N–H and O–H groups in total. The molecule has 29 atom stereocenters. The highest BCUT2D eigenvalue weighted by molar-refractivity contribution is 7.17. The molecule has 0 spiro atoms. The van der Waals surface area contributed by atoms with Crippen molar-refractivity contribution in [3.05, 3.63) is 0 Å². The molecule has 0 aromatic carbocycles. The zero-order chi connectivity index (χ0) is 55.3. The Morgan fingerprint density at radius 3 is 1.68 bits per heavy atom. The van der Waals surface area contributed by atoms with E-state index in [1.54, 1.807) is 0 Å². The maximum absolute atomic E-state index is 11.5. The van der Waals surface area contributed by atoms with E-state index in [-0.39, 0.29) is 6.61 Å². The molecule has 0 aromatic rings. The summed E-state index contributed by atoms with van der Waals surface area (Å²) < 4.78 is 92.3. The Labute approximate surface area is 424 Å². The van der Waals surface area contributed by atoms with Gasteiger partial charge >= 0.3 is 17.4 Å². The SMILES string of the molecule is CO[C@H](O[C@@H]1C(O)[C@H](O)C(CO)O[C@@H]1OC1[C@H](O)C(CO[C@H]2OC(CO[C@@H](OC(CO)[C@@H](O)CO)[C@@H](C)O[C@H]3OC(COP=O)[C@@H](O)C(O)[C@H]3O)[C@@H](O)C(O)[C@H]2O)O[C@@H](O)[C@@H]1O)[C@H](O)C(O)[C@H](O)C(C)COP=O. The summed E-state index contributed by atoms with van der Waals surface area (Å²) in [6.07, 6.45) is -53.0. The second kappa shape index (κ2) is 31.1. The van der Waals surface area contributed by atoms with Crippen LogP contribution in [0.4, 0.5) is 0 Å². The van der Waals surface area contributed by atoms with Crippen LogP contribution < -0.4 is 0 Å². The molecule has 434 valence electrons. The van der Waals surface area contributed by atoms with Gasteiger partial charge in [-0.2, -0.15) is 0 Å². The van der Waals surface area contributed by atoms with Crippen LogP contribution in [0.25, 0.3) is 0 Å². The van der Waals surface area contributed by atoms with Crippen molar-refractivity contribution in [2.75, 3.05) is 53.4 Å². The van der Waals surface area contributed by atoms with Gasteiger partial charge in [-0.1, -0.05) is 6.92 Å². The van der Waals surface area contributed by atoms with Crippen molar-refractivity contribution in [2.24, 2.45) is 5.92 Å². The van der Waals surface area contributed by atoms with Crippen LogP contribution in [0.3, 0.4) is 0 Å². The number of aliphatic hydroxyl groups is 18. The van der Waals surface area contributed by atoms with Crippen molar-refractivity contribution in [1.82, 2.24) is 0 Å². The van der Waals surface area contributed by atoms with Crippen molar-refractivity contribution in [3.8, 4) is 0 Å². The Morgan fingerprint density at radius 2 is 1.09 bits per heavy atom. The molecule has 33 nitrogen and oxygen atoms in total.